The molecule has 0 aromatic carbocycles. The fourth-order valence-corrected chi connectivity index (χ4v) is 3.24. The van der Waals surface area contributed by atoms with Crippen LogP contribution in [-0.4, -0.2) is 66.9 Å². The summed E-state index contributed by atoms with van der Waals surface area (Å²) in [5, 5.41) is 17.5. The maximum Gasteiger partial charge on any atom is 0.324 e. The zero-order valence-electron chi connectivity index (χ0n) is 10.2. The van der Waals surface area contributed by atoms with Crippen LogP contribution in [0.5, 0.6) is 0 Å². The van der Waals surface area contributed by atoms with Gasteiger partial charge in [-0.05, 0) is 13.8 Å². The average molecular weight is 282 g/mol. The van der Waals surface area contributed by atoms with E-state index < -0.39 is 28.8 Å². The summed E-state index contributed by atoms with van der Waals surface area (Å²) in [5.74, 6) is -1.42. The lowest BCUT2D eigenvalue weighted by Gasteiger charge is -2.34. The Morgan fingerprint density at radius 2 is 1.94 bits per heavy atom. The van der Waals surface area contributed by atoms with Crippen LogP contribution in [0.4, 0.5) is 0 Å². The summed E-state index contributed by atoms with van der Waals surface area (Å²) in [7, 11) is -3.94. The van der Waals surface area contributed by atoms with Crippen molar-refractivity contribution in [3.05, 3.63) is 0 Å². The molecule has 0 amide bonds. The molecule has 0 bridgehead atoms. The van der Waals surface area contributed by atoms with E-state index in [1.807, 2.05) is 4.72 Å². The summed E-state index contributed by atoms with van der Waals surface area (Å²) < 4.78 is 32.3. The summed E-state index contributed by atoms with van der Waals surface area (Å²) in [6.45, 7) is 2.97. The Balaban J connectivity index is 2.76. The van der Waals surface area contributed by atoms with Crippen molar-refractivity contribution < 1.29 is 28.2 Å². The standard InChI is InChI=1S/C9H18N2O6S/c1-6-3-11(4-7(2)17-6)18(15,16)10-8(5-12)9(13)14/h6-8,10,12H,3-5H2,1-2H3,(H,13,14)/t6?,7?,8-/m1/s1. The minimum Gasteiger partial charge on any atom is -0.480 e. The molecule has 0 saturated carbocycles. The molecular formula is C9H18N2O6S. The Kier molecular flexibility index (Phi) is 5.05. The van der Waals surface area contributed by atoms with Crippen LogP contribution < -0.4 is 4.72 Å². The molecular weight excluding hydrogens is 264 g/mol. The van der Waals surface area contributed by atoms with Gasteiger partial charge >= 0.3 is 5.97 Å². The fraction of sp³-hybridized carbons (Fsp3) is 0.889. The van der Waals surface area contributed by atoms with Crippen LogP contribution in [0, 0.1) is 0 Å². The molecule has 3 N–H and O–H groups in total. The highest BCUT2D eigenvalue weighted by molar-refractivity contribution is 7.87. The molecule has 1 fully saturated rings. The van der Waals surface area contributed by atoms with Gasteiger partial charge in [0.1, 0.15) is 6.04 Å². The third kappa shape index (κ3) is 3.89. The highest BCUT2D eigenvalue weighted by Gasteiger charge is 2.33. The number of carbonyl (C=O) groups is 1. The first-order valence-corrected chi connectivity index (χ1v) is 6.96. The smallest absolute Gasteiger partial charge is 0.324 e. The lowest BCUT2D eigenvalue weighted by atomic mass is 10.3. The third-order valence-electron chi connectivity index (χ3n) is 2.50. The van der Waals surface area contributed by atoms with Crippen molar-refractivity contribution in [1.29, 1.82) is 0 Å². The van der Waals surface area contributed by atoms with E-state index in [0.29, 0.717) is 0 Å². The summed E-state index contributed by atoms with van der Waals surface area (Å²) >= 11 is 0. The van der Waals surface area contributed by atoms with E-state index in [1.165, 1.54) is 0 Å². The molecule has 0 aromatic rings. The predicted molar refractivity (Wildman–Crippen MR) is 62.1 cm³/mol. The van der Waals surface area contributed by atoms with E-state index in [0.717, 1.165) is 4.31 Å². The summed E-state index contributed by atoms with van der Waals surface area (Å²) in [5.41, 5.74) is 0. The van der Waals surface area contributed by atoms with Crippen molar-refractivity contribution in [3.63, 3.8) is 0 Å². The summed E-state index contributed by atoms with van der Waals surface area (Å²) in [4.78, 5) is 10.7. The average Bonchev–Trinajstić information content (AvgIpc) is 2.24. The molecule has 1 heterocycles. The first-order chi connectivity index (χ1) is 8.26. The molecule has 1 saturated heterocycles. The lowest BCUT2D eigenvalue weighted by molar-refractivity contribution is -0.139. The molecule has 1 aliphatic heterocycles. The van der Waals surface area contributed by atoms with Gasteiger partial charge in [-0.3, -0.25) is 4.79 Å². The molecule has 0 aliphatic carbocycles. The minimum atomic E-state index is -3.94. The van der Waals surface area contributed by atoms with Crippen LogP contribution in [-0.2, 0) is 19.7 Å². The molecule has 3 atom stereocenters. The van der Waals surface area contributed by atoms with Gasteiger partial charge in [-0.15, -0.1) is 0 Å². The molecule has 0 aromatic heterocycles. The van der Waals surface area contributed by atoms with Gasteiger partial charge in [0.2, 0.25) is 0 Å². The molecule has 9 heteroatoms. The predicted octanol–water partition coefficient (Wildman–Crippen LogP) is -1.62. The molecule has 18 heavy (non-hydrogen) atoms. The number of aliphatic hydroxyl groups is 1. The van der Waals surface area contributed by atoms with Gasteiger partial charge in [-0.2, -0.15) is 17.4 Å². The Bertz CT molecular complexity index is 388. The van der Waals surface area contributed by atoms with Crippen molar-refractivity contribution in [2.24, 2.45) is 0 Å². The molecule has 2 unspecified atom stereocenters. The number of morpholine rings is 1. The minimum absolute atomic E-state index is 0.150. The molecule has 106 valence electrons. The van der Waals surface area contributed by atoms with E-state index in [4.69, 9.17) is 14.9 Å². The van der Waals surface area contributed by atoms with Crippen LogP contribution >= 0.6 is 0 Å². The molecule has 1 aliphatic rings. The summed E-state index contributed by atoms with van der Waals surface area (Å²) in [6.07, 6.45) is -0.523. The van der Waals surface area contributed by atoms with Gasteiger partial charge in [0.25, 0.3) is 10.2 Å². The van der Waals surface area contributed by atoms with Crippen LogP contribution in [0.15, 0.2) is 0 Å². The first-order valence-electron chi connectivity index (χ1n) is 5.52. The van der Waals surface area contributed by atoms with Crippen molar-refractivity contribution in [1.82, 2.24) is 9.03 Å². The third-order valence-corrected chi connectivity index (χ3v) is 4.06. The quantitative estimate of drug-likeness (QED) is 0.558. The fourth-order valence-electron chi connectivity index (χ4n) is 1.75. The van der Waals surface area contributed by atoms with Crippen LogP contribution in [0.3, 0.4) is 0 Å². The van der Waals surface area contributed by atoms with Gasteiger partial charge in [0.15, 0.2) is 0 Å². The van der Waals surface area contributed by atoms with Crippen LogP contribution in [0.2, 0.25) is 0 Å². The number of aliphatic hydroxyl groups excluding tert-OH is 1. The highest BCUT2D eigenvalue weighted by Crippen LogP contribution is 2.13. The maximum atomic E-state index is 11.9. The Labute approximate surface area is 106 Å². The van der Waals surface area contributed by atoms with E-state index >= 15 is 0 Å². The number of ether oxygens (including phenoxy) is 1. The maximum absolute atomic E-state index is 11.9. The molecule has 0 spiro atoms. The second-order valence-corrected chi connectivity index (χ2v) is 5.97. The number of aliphatic carboxylic acids is 1. The zero-order chi connectivity index (χ0) is 13.9. The molecule has 0 radical (unpaired) electrons. The van der Waals surface area contributed by atoms with Crippen molar-refractivity contribution in [2.75, 3.05) is 19.7 Å². The topological polar surface area (TPSA) is 116 Å². The lowest BCUT2D eigenvalue weighted by Crippen LogP contribution is -2.55. The second kappa shape index (κ2) is 5.93. The number of rotatable bonds is 5. The number of carboxylic acids is 1. The van der Waals surface area contributed by atoms with Crippen molar-refractivity contribution >= 4 is 16.2 Å². The second-order valence-electron chi connectivity index (χ2n) is 4.27. The number of hydrogen-bond donors (Lipinski definition) is 3. The van der Waals surface area contributed by atoms with Gasteiger partial charge in [-0.1, -0.05) is 0 Å². The first kappa shape index (κ1) is 15.3. The van der Waals surface area contributed by atoms with Crippen LogP contribution in [0.25, 0.3) is 0 Å². The zero-order valence-corrected chi connectivity index (χ0v) is 11.1. The van der Waals surface area contributed by atoms with Crippen LogP contribution in [0.1, 0.15) is 13.8 Å². The Hall–Kier alpha value is -0.740. The number of nitrogens with one attached hydrogen (secondary N) is 1. The molecule has 1 rings (SSSR count). The Morgan fingerprint density at radius 3 is 2.33 bits per heavy atom. The van der Waals surface area contributed by atoms with E-state index in [9.17, 15) is 13.2 Å². The number of nitrogens with zero attached hydrogens (tertiary/aromatic N) is 1. The number of carboxylic acid groups (broad SMARTS) is 1. The van der Waals surface area contributed by atoms with Gasteiger partial charge < -0.3 is 14.9 Å². The van der Waals surface area contributed by atoms with Gasteiger partial charge in [0.05, 0.1) is 18.8 Å². The van der Waals surface area contributed by atoms with Crippen molar-refractivity contribution in [2.45, 2.75) is 32.1 Å². The van der Waals surface area contributed by atoms with Gasteiger partial charge in [0, 0.05) is 13.1 Å². The van der Waals surface area contributed by atoms with E-state index in [2.05, 4.69) is 0 Å². The SMILES string of the molecule is CC1CN(S(=O)(=O)N[C@H](CO)C(=O)O)CC(C)O1. The highest BCUT2D eigenvalue weighted by atomic mass is 32.2. The monoisotopic (exact) mass is 282 g/mol. The van der Waals surface area contributed by atoms with E-state index in [1.54, 1.807) is 13.8 Å². The summed E-state index contributed by atoms with van der Waals surface area (Å²) in [6, 6.07) is -1.54. The molecule has 8 nitrogen and oxygen atoms in total. The number of hydrogen-bond acceptors (Lipinski definition) is 5. The largest absolute Gasteiger partial charge is 0.480 e. The van der Waals surface area contributed by atoms with Crippen molar-refractivity contribution in [3.8, 4) is 0 Å². The van der Waals surface area contributed by atoms with Gasteiger partial charge in [-0.25, -0.2) is 0 Å². The Morgan fingerprint density at radius 1 is 1.44 bits per heavy atom. The normalized spacial score (nSPS) is 27.9. The van der Waals surface area contributed by atoms with E-state index in [-0.39, 0.29) is 25.3 Å².